The van der Waals surface area contributed by atoms with E-state index in [-0.39, 0.29) is 30.6 Å². The lowest BCUT2D eigenvalue weighted by Crippen LogP contribution is -2.60. The minimum Gasteiger partial charge on any atom is -0.394 e. The monoisotopic (exact) mass is 515 g/mol. The Balaban J connectivity index is 1.37. The quantitative estimate of drug-likeness (QED) is 0.534. The van der Waals surface area contributed by atoms with Crippen molar-refractivity contribution in [2.75, 3.05) is 37.7 Å². The van der Waals surface area contributed by atoms with E-state index in [4.69, 9.17) is 23.2 Å². The molecule has 2 saturated heterocycles. The molecule has 7 nitrogen and oxygen atoms in total. The number of carbonyl (C=O) groups is 1. The summed E-state index contributed by atoms with van der Waals surface area (Å²) in [6, 6.07) is 11.4. The van der Waals surface area contributed by atoms with Gasteiger partial charge in [0, 0.05) is 40.8 Å². The highest BCUT2D eigenvalue weighted by atomic mass is 35.5. The number of fused-ring (bicyclic) bond motifs is 1. The van der Waals surface area contributed by atoms with Crippen molar-refractivity contribution < 1.29 is 9.90 Å². The van der Waals surface area contributed by atoms with Crippen molar-refractivity contribution in [1.82, 2.24) is 20.0 Å². The van der Waals surface area contributed by atoms with Gasteiger partial charge in [0.25, 0.3) is 0 Å². The first kappa shape index (κ1) is 24.4. The fourth-order valence-corrected chi connectivity index (χ4v) is 5.87. The van der Waals surface area contributed by atoms with Gasteiger partial charge in [-0.25, -0.2) is 0 Å². The van der Waals surface area contributed by atoms with E-state index in [1.54, 1.807) is 6.07 Å². The molecular weight excluding hydrogens is 485 g/mol. The van der Waals surface area contributed by atoms with Crippen molar-refractivity contribution in [2.24, 2.45) is 0 Å². The van der Waals surface area contributed by atoms with E-state index in [9.17, 15) is 9.90 Å². The van der Waals surface area contributed by atoms with E-state index < -0.39 is 0 Å². The van der Waals surface area contributed by atoms with Crippen LogP contribution in [0.2, 0.25) is 10.0 Å². The summed E-state index contributed by atoms with van der Waals surface area (Å²) in [5.41, 5.74) is 3.01. The number of aliphatic hydroxyl groups is 1. The van der Waals surface area contributed by atoms with Crippen molar-refractivity contribution in [3.8, 4) is 0 Å². The third-order valence-corrected chi connectivity index (χ3v) is 7.87. The van der Waals surface area contributed by atoms with Crippen LogP contribution in [-0.4, -0.2) is 70.6 Å². The zero-order valence-electron chi connectivity index (χ0n) is 19.8. The summed E-state index contributed by atoms with van der Waals surface area (Å²) >= 11 is 12.6. The van der Waals surface area contributed by atoms with Gasteiger partial charge in [-0.05, 0) is 62.2 Å². The second-order valence-corrected chi connectivity index (χ2v) is 10.3. The maximum absolute atomic E-state index is 13.1. The Bertz CT molecular complexity index is 1210. The smallest absolute Gasteiger partial charge is 0.240 e. The van der Waals surface area contributed by atoms with E-state index in [1.807, 2.05) is 27.9 Å². The summed E-state index contributed by atoms with van der Waals surface area (Å²) in [6.07, 6.45) is 4.92. The molecule has 2 fully saturated rings. The van der Waals surface area contributed by atoms with E-state index in [0.717, 1.165) is 48.0 Å². The number of piperazine rings is 1. The Kier molecular flexibility index (Phi) is 7.21. The minimum absolute atomic E-state index is 0.0543. The third-order valence-electron chi connectivity index (χ3n) is 7.31. The van der Waals surface area contributed by atoms with Crippen molar-refractivity contribution in [2.45, 2.75) is 44.3 Å². The zero-order valence-corrected chi connectivity index (χ0v) is 21.3. The van der Waals surface area contributed by atoms with Gasteiger partial charge in [-0.15, -0.1) is 0 Å². The number of hydrogen-bond donors (Lipinski definition) is 2. The summed E-state index contributed by atoms with van der Waals surface area (Å²) in [6.45, 7) is 4.80. The fraction of sp³-hybridized carbons (Fsp3) is 0.462. The van der Waals surface area contributed by atoms with Crippen LogP contribution >= 0.6 is 23.2 Å². The van der Waals surface area contributed by atoms with Crippen LogP contribution < -0.4 is 10.2 Å². The molecule has 2 aromatic carbocycles. The number of nitrogens with zero attached hydrogens (tertiary/aromatic N) is 4. The Morgan fingerprint density at radius 3 is 2.80 bits per heavy atom. The molecule has 35 heavy (non-hydrogen) atoms. The lowest BCUT2D eigenvalue weighted by atomic mass is 10.0. The van der Waals surface area contributed by atoms with Crippen LogP contribution in [-0.2, 0) is 4.79 Å². The number of aliphatic hydroxyl groups excluding tert-OH is 1. The van der Waals surface area contributed by atoms with E-state index in [1.165, 1.54) is 0 Å². The molecule has 0 saturated carbocycles. The summed E-state index contributed by atoms with van der Waals surface area (Å²) in [5, 5.41) is 20.4. The van der Waals surface area contributed by atoms with Gasteiger partial charge in [-0.1, -0.05) is 35.7 Å². The highest BCUT2D eigenvalue weighted by Crippen LogP contribution is 2.32. The topological polar surface area (TPSA) is 73.6 Å². The highest BCUT2D eigenvalue weighted by molar-refractivity contribution is 6.35. The van der Waals surface area contributed by atoms with Crippen LogP contribution in [0.5, 0.6) is 0 Å². The van der Waals surface area contributed by atoms with E-state index in [0.29, 0.717) is 29.7 Å². The lowest BCUT2D eigenvalue weighted by molar-refractivity contribution is -0.137. The lowest BCUT2D eigenvalue weighted by Gasteiger charge is -2.43. The second kappa shape index (κ2) is 10.3. The number of carbonyl (C=O) groups excluding carboxylic acids is 1. The van der Waals surface area contributed by atoms with Gasteiger partial charge in [0.1, 0.15) is 0 Å². The number of amides is 1. The SMILES string of the molecule is CC(c1ccc(Cl)cc1Cl)n1ncc2ccc(N3CCN(C(=O)[C@H]4CCCCN4)C(CO)C3)cc21. The van der Waals surface area contributed by atoms with Crippen molar-refractivity contribution in [3.05, 3.63) is 58.2 Å². The molecule has 0 aliphatic carbocycles. The van der Waals surface area contributed by atoms with Crippen molar-refractivity contribution >= 4 is 45.7 Å². The molecule has 3 aromatic rings. The van der Waals surface area contributed by atoms with Gasteiger partial charge >= 0.3 is 0 Å². The van der Waals surface area contributed by atoms with Crippen LogP contribution in [0.15, 0.2) is 42.6 Å². The van der Waals surface area contributed by atoms with Crippen LogP contribution in [0.4, 0.5) is 5.69 Å². The minimum atomic E-state index is -0.229. The number of rotatable bonds is 5. The van der Waals surface area contributed by atoms with Gasteiger partial charge in [0.2, 0.25) is 5.91 Å². The third kappa shape index (κ3) is 4.87. The van der Waals surface area contributed by atoms with Gasteiger partial charge in [0.05, 0.1) is 36.4 Å². The molecule has 2 N–H and O–H groups in total. The average molecular weight is 516 g/mol. The Morgan fingerprint density at radius 2 is 2.06 bits per heavy atom. The second-order valence-electron chi connectivity index (χ2n) is 9.49. The van der Waals surface area contributed by atoms with Crippen LogP contribution in [0.3, 0.4) is 0 Å². The standard InChI is InChI=1S/C26H31Cl2N5O2/c1-17(22-8-6-19(27)12-23(22)28)33-25-13-20(7-5-18(25)14-30-33)31-10-11-32(21(15-31)16-34)26(35)24-4-2-3-9-29-24/h5-8,12-14,17,21,24,29,34H,2-4,9-11,15-16H2,1H3/t17?,21?,24-/m1/s1. The Morgan fingerprint density at radius 1 is 1.20 bits per heavy atom. The number of aromatic nitrogens is 2. The molecule has 3 atom stereocenters. The molecule has 0 bridgehead atoms. The van der Waals surface area contributed by atoms with Crippen LogP contribution in [0.1, 0.15) is 37.8 Å². The first-order valence-corrected chi connectivity index (χ1v) is 13.0. The van der Waals surface area contributed by atoms with Crippen molar-refractivity contribution in [1.29, 1.82) is 0 Å². The van der Waals surface area contributed by atoms with E-state index in [2.05, 4.69) is 40.4 Å². The molecule has 0 radical (unpaired) electrons. The summed E-state index contributed by atoms with van der Waals surface area (Å²) < 4.78 is 1.98. The molecule has 3 heterocycles. The molecule has 2 aliphatic rings. The Labute approximate surface area is 215 Å². The Hall–Kier alpha value is -2.32. The number of nitrogens with one attached hydrogen (secondary N) is 1. The molecule has 2 aliphatic heterocycles. The van der Waals surface area contributed by atoms with Gasteiger partial charge < -0.3 is 20.2 Å². The van der Waals surface area contributed by atoms with Gasteiger partial charge in [0.15, 0.2) is 0 Å². The molecule has 9 heteroatoms. The summed E-state index contributed by atoms with van der Waals surface area (Å²) in [7, 11) is 0. The number of halogens is 2. The number of benzene rings is 2. The normalized spacial score (nSPS) is 21.9. The van der Waals surface area contributed by atoms with Gasteiger partial charge in [-0.3, -0.25) is 9.48 Å². The van der Waals surface area contributed by atoms with Crippen LogP contribution in [0.25, 0.3) is 10.9 Å². The maximum Gasteiger partial charge on any atom is 0.240 e. The summed E-state index contributed by atoms with van der Waals surface area (Å²) in [4.78, 5) is 17.2. The molecular formula is C26H31Cl2N5O2. The molecule has 1 amide bonds. The first-order chi connectivity index (χ1) is 17.0. The predicted octanol–water partition coefficient (Wildman–Crippen LogP) is 4.10. The predicted molar refractivity (Wildman–Crippen MR) is 140 cm³/mol. The van der Waals surface area contributed by atoms with Crippen LogP contribution in [0, 0.1) is 0 Å². The van der Waals surface area contributed by atoms with Gasteiger partial charge in [-0.2, -0.15) is 5.10 Å². The number of piperidine rings is 1. The molecule has 2 unspecified atom stereocenters. The number of hydrogen-bond acceptors (Lipinski definition) is 5. The zero-order chi connectivity index (χ0) is 24.5. The summed E-state index contributed by atoms with van der Waals surface area (Å²) in [5.74, 6) is 0.116. The number of anilines is 1. The molecule has 5 rings (SSSR count). The molecule has 0 spiro atoms. The highest BCUT2D eigenvalue weighted by Gasteiger charge is 2.34. The van der Waals surface area contributed by atoms with Crippen molar-refractivity contribution in [3.63, 3.8) is 0 Å². The maximum atomic E-state index is 13.1. The fourth-order valence-electron chi connectivity index (χ4n) is 5.30. The van der Waals surface area contributed by atoms with E-state index >= 15 is 0 Å². The molecule has 186 valence electrons. The molecule has 1 aromatic heterocycles. The average Bonchev–Trinajstić information content (AvgIpc) is 3.31. The largest absolute Gasteiger partial charge is 0.394 e. The first-order valence-electron chi connectivity index (χ1n) is 12.3.